The number of hydrogen-bond donors (Lipinski definition) is 0. The molecule has 0 spiro atoms. The second-order valence-electron chi connectivity index (χ2n) is 4.45. The molecule has 0 saturated carbocycles. The predicted molar refractivity (Wildman–Crippen MR) is 79.1 cm³/mol. The van der Waals surface area contributed by atoms with Gasteiger partial charge >= 0.3 is 0 Å². The van der Waals surface area contributed by atoms with Crippen LogP contribution in [0, 0.1) is 0 Å². The van der Waals surface area contributed by atoms with Crippen molar-refractivity contribution in [2.75, 3.05) is 6.61 Å². The average molecular weight is 290 g/mol. The van der Waals surface area contributed by atoms with Gasteiger partial charge in [-0.2, -0.15) is 0 Å². The highest BCUT2D eigenvalue weighted by Gasteiger charge is 2.05. The number of halogens is 1. The zero-order valence-corrected chi connectivity index (χ0v) is 11.8. The molecular weight excluding hydrogens is 274 g/mol. The summed E-state index contributed by atoms with van der Waals surface area (Å²) in [6.07, 6.45) is 3.11. The predicted octanol–water partition coefficient (Wildman–Crippen LogP) is 3.71. The minimum Gasteiger partial charge on any atom is -0.494 e. The molecule has 4 heteroatoms. The Morgan fingerprint density at radius 3 is 2.65 bits per heavy atom. The molecule has 3 nitrogen and oxygen atoms in total. The monoisotopic (exact) mass is 289 g/mol. The fourth-order valence-electron chi connectivity index (χ4n) is 1.78. The second kappa shape index (κ2) is 7.65. The Labute approximate surface area is 123 Å². The molecule has 0 aliphatic carbocycles. The van der Waals surface area contributed by atoms with Gasteiger partial charge in [-0.1, -0.05) is 29.8 Å². The van der Waals surface area contributed by atoms with Gasteiger partial charge in [-0.25, -0.2) is 0 Å². The van der Waals surface area contributed by atoms with E-state index in [1.165, 1.54) is 0 Å². The average Bonchev–Trinajstić information content (AvgIpc) is 2.47. The number of ether oxygens (including phenoxy) is 1. The van der Waals surface area contributed by atoms with Crippen LogP contribution in [0.15, 0.2) is 48.7 Å². The van der Waals surface area contributed by atoms with Crippen molar-refractivity contribution in [1.29, 1.82) is 0 Å². The molecule has 0 N–H and O–H groups in total. The number of pyridine rings is 1. The molecule has 1 aromatic carbocycles. The zero-order valence-electron chi connectivity index (χ0n) is 11.1. The molecule has 2 rings (SSSR count). The van der Waals surface area contributed by atoms with Crippen molar-refractivity contribution in [2.45, 2.75) is 19.3 Å². The van der Waals surface area contributed by atoms with Crippen molar-refractivity contribution < 1.29 is 9.53 Å². The van der Waals surface area contributed by atoms with E-state index in [4.69, 9.17) is 16.3 Å². The minimum absolute atomic E-state index is 0.163. The third-order valence-electron chi connectivity index (χ3n) is 2.78. The summed E-state index contributed by atoms with van der Waals surface area (Å²) in [5, 5.41) is 0.581. The normalized spacial score (nSPS) is 10.2. The Morgan fingerprint density at radius 2 is 1.95 bits per heavy atom. The summed E-state index contributed by atoms with van der Waals surface area (Å²) in [5.41, 5.74) is 0.753. The molecule has 0 atom stereocenters. The first-order chi connectivity index (χ1) is 9.74. The Kier molecular flexibility index (Phi) is 5.56. The summed E-state index contributed by atoms with van der Waals surface area (Å²) < 4.78 is 5.54. The third kappa shape index (κ3) is 5.02. The maximum absolute atomic E-state index is 11.8. The molecule has 104 valence electrons. The van der Waals surface area contributed by atoms with E-state index in [9.17, 15) is 4.79 Å². The number of benzene rings is 1. The van der Waals surface area contributed by atoms with Crippen LogP contribution in [0.1, 0.15) is 18.5 Å². The van der Waals surface area contributed by atoms with Crippen molar-refractivity contribution in [3.8, 4) is 5.75 Å². The number of aromatic nitrogens is 1. The SMILES string of the molecule is O=C(CCCOc1ccccc1)Cc1ccc(Cl)cn1. The second-order valence-corrected chi connectivity index (χ2v) is 4.88. The fraction of sp³-hybridized carbons (Fsp3) is 0.250. The number of hydrogen-bond acceptors (Lipinski definition) is 3. The molecule has 0 radical (unpaired) electrons. The first-order valence-electron chi connectivity index (χ1n) is 6.54. The summed E-state index contributed by atoms with van der Waals surface area (Å²) in [4.78, 5) is 15.9. The van der Waals surface area contributed by atoms with E-state index >= 15 is 0 Å². The molecule has 1 heterocycles. The van der Waals surface area contributed by atoms with Crippen LogP contribution in [0.3, 0.4) is 0 Å². The standard InChI is InChI=1S/C16H16ClNO2/c17-13-8-9-14(18-12-13)11-15(19)5-4-10-20-16-6-2-1-3-7-16/h1-3,6-9,12H,4-5,10-11H2. The van der Waals surface area contributed by atoms with Crippen LogP contribution < -0.4 is 4.74 Å². The van der Waals surface area contributed by atoms with Crippen LogP contribution in [0.4, 0.5) is 0 Å². The molecule has 0 saturated heterocycles. The van der Waals surface area contributed by atoms with E-state index in [2.05, 4.69) is 4.98 Å². The van der Waals surface area contributed by atoms with Gasteiger partial charge in [-0.05, 0) is 30.7 Å². The van der Waals surface area contributed by atoms with Crippen molar-refractivity contribution in [3.05, 3.63) is 59.4 Å². The molecular formula is C16H16ClNO2. The van der Waals surface area contributed by atoms with Crippen molar-refractivity contribution in [1.82, 2.24) is 4.98 Å². The number of carbonyl (C=O) groups is 1. The molecule has 0 aliphatic rings. The van der Waals surface area contributed by atoms with Gasteiger partial charge in [0, 0.05) is 24.7 Å². The molecule has 1 aromatic heterocycles. The van der Waals surface area contributed by atoms with Gasteiger partial charge in [0.05, 0.1) is 11.6 Å². The first-order valence-corrected chi connectivity index (χ1v) is 6.92. The van der Waals surface area contributed by atoms with E-state index in [0.29, 0.717) is 30.9 Å². The summed E-state index contributed by atoms with van der Waals surface area (Å²) in [6, 6.07) is 13.1. The van der Waals surface area contributed by atoms with Gasteiger partial charge in [0.2, 0.25) is 0 Å². The van der Waals surface area contributed by atoms with Gasteiger partial charge in [0.25, 0.3) is 0 Å². The van der Waals surface area contributed by atoms with Crippen LogP contribution in [0.25, 0.3) is 0 Å². The Hall–Kier alpha value is -1.87. The lowest BCUT2D eigenvalue weighted by atomic mass is 10.1. The quantitative estimate of drug-likeness (QED) is 0.730. The third-order valence-corrected chi connectivity index (χ3v) is 3.00. The van der Waals surface area contributed by atoms with Crippen LogP contribution in [0.2, 0.25) is 5.02 Å². The van der Waals surface area contributed by atoms with E-state index < -0.39 is 0 Å². The smallest absolute Gasteiger partial charge is 0.138 e. The van der Waals surface area contributed by atoms with Gasteiger partial charge in [-0.15, -0.1) is 0 Å². The van der Waals surface area contributed by atoms with Gasteiger partial charge in [-0.3, -0.25) is 9.78 Å². The van der Waals surface area contributed by atoms with Crippen LogP contribution in [-0.2, 0) is 11.2 Å². The first kappa shape index (κ1) is 14.5. The number of ketones is 1. The Bertz CT molecular complexity index is 540. The highest BCUT2D eigenvalue weighted by atomic mass is 35.5. The Morgan fingerprint density at radius 1 is 1.15 bits per heavy atom. The molecule has 0 unspecified atom stereocenters. The number of carbonyl (C=O) groups excluding carboxylic acids is 1. The molecule has 2 aromatic rings. The van der Waals surface area contributed by atoms with E-state index in [0.717, 1.165) is 11.4 Å². The number of para-hydroxylation sites is 1. The highest BCUT2D eigenvalue weighted by Crippen LogP contribution is 2.10. The largest absolute Gasteiger partial charge is 0.494 e. The maximum atomic E-state index is 11.8. The number of rotatable bonds is 7. The molecule has 0 amide bonds. The zero-order chi connectivity index (χ0) is 14.2. The number of Topliss-reactive ketones (excluding diaryl/α,β-unsaturated/α-hetero) is 1. The van der Waals surface area contributed by atoms with E-state index in [-0.39, 0.29) is 5.78 Å². The number of nitrogens with zero attached hydrogens (tertiary/aromatic N) is 1. The fourth-order valence-corrected chi connectivity index (χ4v) is 1.89. The van der Waals surface area contributed by atoms with Crippen molar-refractivity contribution in [2.24, 2.45) is 0 Å². The summed E-state index contributed by atoms with van der Waals surface area (Å²) >= 11 is 5.74. The molecule has 0 bridgehead atoms. The van der Waals surface area contributed by atoms with Gasteiger partial charge in [0.15, 0.2) is 0 Å². The molecule has 0 fully saturated rings. The van der Waals surface area contributed by atoms with E-state index in [1.807, 2.05) is 30.3 Å². The molecule has 0 aliphatic heterocycles. The molecule has 20 heavy (non-hydrogen) atoms. The van der Waals surface area contributed by atoms with Gasteiger partial charge < -0.3 is 4.74 Å². The van der Waals surface area contributed by atoms with Crippen LogP contribution in [-0.4, -0.2) is 17.4 Å². The highest BCUT2D eigenvalue weighted by molar-refractivity contribution is 6.30. The lowest BCUT2D eigenvalue weighted by Gasteiger charge is -2.05. The summed E-state index contributed by atoms with van der Waals surface area (Å²) in [5.74, 6) is 0.996. The summed E-state index contributed by atoms with van der Waals surface area (Å²) in [7, 11) is 0. The summed E-state index contributed by atoms with van der Waals surface area (Å²) in [6.45, 7) is 0.545. The van der Waals surface area contributed by atoms with Gasteiger partial charge in [0.1, 0.15) is 11.5 Å². The topological polar surface area (TPSA) is 39.2 Å². The Balaban J connectivity index is 1.66. The minimum atomic E-state index is 0.163. The van der Waals surface area contributed by atoms with E-state index in [1.54, 1.807) is 18.3 Å². The lowest BCUT2D eigenvalue weighted by molar-refractivity contribution is -0.118. The van der Waals surface area contributed by atoms with Crippen LogP contribution in [0.5, 0.6) is 5.75 Å². The maximum Gasteiger partial charge on any atom is 0.138 e. The van der Waals surface area contributed by atoms with Crippen molar-refractivity contribution in [3.63, 3.8) is 0 Å². The van der Waals surface area contributed by atoms with Crippen LogP contribution >= 0.6 is 11.6 Å². The van der Waals surface area contributed by atoms with Crippen molar-refractivity contribution >= 4 is 17.4 Å². The lowest BCUT2D eigenvalue weighted by Crippen LogP contribution is -2.07.